The number of rotatable bonds is 8. The maximum atomic E-state index is 9.59. The lowest BCUT2D eigenvalue weighted by Gasteiger charge is -2.16. The third-order valence-corrected chi connectivity index (χ3v) is 3.29. The number of hydrogen-bond acceptors (Lipinski definition) is 3. The van der Waals surface area contributed by atoms with Gasteiger partial charge in [-0.15, -0.1) is 0 Å². The average Bonchev–Trinajstić information content (AvgIpc) is 2.37. The predicted octanol–water partition coefficient (Wildman–Crippen LogP) is 3.20. The van der Waals surface area contributed by atoms with Crippen LogP contribution in [0, 0.1) is 19.8 Å². The molecule has 1 atom stereocenters. The Morgan fingerprint density at radius 3 is 2.30 bits per heavy atom. The van der Waals surface area contributed by atoms with Gasteiger partial charge in [0.2, 0.25) is 0 Å². The van der Waals surface area contributed by atoms with Crippen LogP contribution in [-0.2, 0) is 6.54 Å². The number of aliphatic hydroxyl groups is 1. The van der Waals surface area contributed by atoms with Gasteiger partial charge in [-0.1, -0.05) is 32.9 Å². The molecule has 3 nitrogen and oxygen atoms in total. The van der Waals surface area contributed by atoms with E-state index in [1.807, 2.05) is 6.92 Å². The molecule has 0 amide bonds. The Bertz CT molecular complexity index is 392. The van der Waals surface area contributed by atoms with Crippen molar-refractivity contribution in [3.63, 3.8) is 0 Å². The SMILES string of the molecule is CCC(O)COc1c(C)cc(CNCC(C)C)cc1C. The van der Waals surface area contributed by atoms with Gasteiger partial charge in [0.05, 0.1) is 6.10 Å². The smallest absolute Gasteiger partial charge is 0.125 e. The Hall–Kier alpha value is -1.06. The summed E-state index contributed by atoms with van der Waals surface area (Å²) < 4.78 is 5.75. The molecule has 20 heavy (non-hydrogen) atoms. The summed E-state index contributed by atoms with van der Waals surface area (Å²) in [6.45, 7) is 12.8. The second-order valence-electron chi connectivity index (χ2n) is 5.96. The predicted molar refractivity (Wildman–Crippen MR) is 84.3 cm³/mol. The number of aliphatic hydroxyl groups excluding tert-OH is 1. The molecule has 0 saturated carbocycles. The Labute approximate surface area is 123 Å². The normalized spacial score (nSPS) is 12.8. The molecule has 3 heteroatoms. The molecular formula is C17H29NO2. The molecule has 0 spiro atoms. The van der Waals surface area contributed by atoms with Crippen molar-refractivity contribution in [1.29, 1.82) is 0 Å². The number of nitrogens with one attached hydrogen (secondary N) is 1. The van der Waals surface area contributed by atoms with Crippen molar-refractivity contribution < 1.29 is 9.84 Å². The highest BCUT2D eigenvalue weighted by Gasteiger charge is 2.09. The van der Waals surface area contributed by atoms with Gasteiger partial charge in [-0.05, 0) is 49.4 Å². The van der Waals surface area contributed by atoms with Crippen molar-refractivity contribution in [3.05, 3.63) is 28.8 Å². The highest BCUT2D eigenvalue weighted by Crippen LogP contribution is 2.25. The van der Waals surface area contributed by atoms with Crippen LogP contribution in [0.1, 0.15) is 43.9 Å². The molecule has 0 fully saturated rings. The van der Waals surface area contributed by atoms with Crippen molar-refractivity contribution in [1.82, 2.24) is 5.32 Å². The Morgan fingerprint density at radius 1 is 1.20 bits per heavy atom. The first-order valence-electron chi connectivity index (χ1n) is 7.55. The van der Waals surface area contributed by atoms with E-state index in [4.69, 9.17) is 4.74 Å². The zero-order valence-corrected chi connectivity index (χ0v) is 13.5. The van der Waals surface area contributed by atoms with E-state index in [0.29, 0.717) is 12.5 Å². The van der Waals surface area contributed by atoms with Crippen LogP contribution < -0.4 is 10.1 Å². The number of aryl methyl sites for hydroxylation is 2. The van der Waals surface area contributed by atoms with Crippen LogP contribution in [-0.4, -0.2) is 24.4 Å². The van der Waals surface area contributed by atoms with Crippen molar-refractivity contribution in [2.45, 2.75) is 53.7 Å². The topological polar surface area (TPSA) is 41.5 Å². The summed E-state index contributed by atoms with van der Waals surface area (Å²) in [6, 6.07) is 4.32. The lowest BCUT2D eigenvalue weighted by atomic mass is 10.1. The van der Waals surface area contributed by atoms with Gasteiger partial charge in [0, 0.05) is 6.54 Å². The van der Waals surface area contributed by atoms with Crippen LogP contribution in [0.2, 0.25) is 0 Å². The summed E-state index contributed by atoms with van der Waals surface area (Å²) >= 11 is 0. The maximum Gasteiger partial charge on any atom is 0.125 e. The summed E-state index contributed by atoms with van der Waals surface area (Å²) in [4.78, 5) is 0. The lowest BCUT2D eigenvalue weighted by Crippen LogP contribution is -2.19. The minimum atomic E-state index is -0.388. The van der Waals surface area contributed by atoms with E-state index in [2.05, 4.69) is 45.1 Å². The molecule has 0 aliphatic heterocycles. The van der Waals surface area contributed by atoms with Gasteiger partial charge in [-0.2, -0.15) is 0 Å². The fourth-order valence-corrected chi connectivity index (χ4v) is 2.17. The molecule has 0 radical (unpaired) electrons. The van der Waals surface area contributed by atoms with Gasteiger partial charge in [-0.3, -0.25) is 0 Å². The largest absolute Gasteiger partial charge is 0.490 e. The van der Waals surface area contributed by atoms with E-state index in [1.54, 1.807) is 0 Å². The van der Waals surface area contributed by atoms with Gasteiger partial charge >= 0.3 is 0 Å². The second-order valence-corrected chi connectivity index (χ2v) is 5.96. The summed E-state index contributed by atoms with van der Waals surface area (Å²) in [5.74, 6) is 1.57. The molecule has 114 valence electrons. The second kappa shape index (κ2) is 8.28. The van der Waals surface area contributed by atoms with Crippen LogP contribution in [0.5, 0.6) is 5.75 Å². The van der Waals surface area contributed by atoms with Gasteiger partial charge in [0.25, 0.3) is 0 Å². The van der Waals surface area contributed by atoms with Crippen molar-refractivity contribution in [2.24, 2.45) is 5.92 Å². The molecule has 0 heterocycles. The van der Waals surface area contributed by atoms with Crippen LogP contribution in [0.25, 0.3) is 0 Å². The molecule has 1 rings (SSSR count). The Morgan fingerprint density at radius 2 is 1.80 bits per heavy atom. The Kier molecular flexibility index (Phi) is 7.03. The number of hydrogen-bond donors (Lipinski definition) is 2. The van der Waals surface area contributed by atoms with E-state index in [1.165, 1.54) is 5.56 Å². The average molecular weight is 279 g/mol. The van der Waals surface area contributed by atoms with Crippen molar-refractivity contribution >= 4 is 0 Å². The Balaban J connectivity index is 2.66. The van der Waals surface area contributed by atoms with E-state index >= 15 is 0 Å². The molecular weight excluding hydrogens is 250 g/mol. The molecule has 0 bridgehead atoms. The van der Waals surface area contributed by atoms with Gasteiger partial charge < -0.3 is 15.2 Å². The maximum absolute atomic E-state index is 9.59. The molecule has 1 unspecified atom stereocenters. The van der Waals surface area contributed by atoms with Crippen molar-refractivity contribution in [2.75, 3.05) is 13.2 Å². The quantitative estimate of drug-likeness (QED) is 0.768. The zero-order chi connectivity index (χ0) is 15.1. The fourth-order valence-electron chi connectivity index (χ4n) is 2.17. The summed E-state index contributed by atoms with van der Waals surface area (Å²) in [6.07, 6.45) is 0.330. The van der Waals surface area contributed by atoms with E-state index in [0.717, 1.165) is 36.4 Å². The third kappa shape index (κ3) is 5.51. The van der Waals surface area contributed by atoms with E-state index < -0.39 is 0 Å². The van der Waals surface area contributed by atoms with Gasteiger partial charge in [-0.25, -0.2) is 0 Å². The molecule has 0 aliphatic rings. The highest BCUT2D eigenvalue weighted by molar-refractivity contribution is 5.43. The lowest BCUT2D eigenvalue weighted by molar-refractivity contribution is 0.103. The molecule has 2 N–H and O–H groups in total. The zero-order valence-electron chi connectivity index (χ0n) is 13.5. The third-order valence-electron chi connectivity index (χ3n) is 3.29. The first kappa shape index (κ1) is 17.0. The first-order chi connectivity index (χ1) is 9.43. The van der Waals surface area contributed by atoms with Gasteiger partial charge in [0.1, 0.15) is 12.4 Å². The number of ether oxygens (including phenoxy) is 1. The van der Waals surface area contributed by atoms with Crippen molar-refractivity contribution in [3.8, 4) is 5.75 Å². The van der Waals surface area contributed by atoms with Gasteiger partial charge in [0.15, 0.2) is 0 Å². The molecule has 1 aromatic carbocycles. The first-order valence-corrected chi connectivity index (χ1v) is 7.55. The van der Waals surface area contributed by atoms with Crippen LogP contribution in [0.15, 0.2) is 12.1 Å². The summed E-state index contributed by atoms with van der Waals surface area (Å²) in [5, 5.41) is 13.0. The standard InChI is InChI=1S/C17H29NO2/c1-6-16(19)11-20-17-13(4)7-15(8-14(17)5)10-18-9-12(2)3/h7-8,12,16,18-19H,6,9-11H2,1-5H3. The van der Waals surface area contributed by atoms with Crippen LogP contribution in [0.3, 0.4) is 0 Å². The summed E-state index contributed by atoms with van der Waals surface area (Å²) in [7, 11) is 0. The summed E-state index contributed by atoms with van der Waals surface area (Å²) in [5.41, 5.74) is 3.55. The minimum absolute atomic E-state index is 0.364. The number of benzene rings is 1. The minimum Gasteiger partial charge on any atom is -0.490 e. The van der Waals surface area contributed by atoms with E-state index in [-0.39, 0.29) is 6.10 Å². The van der Waals surface area contributed by atoms with E-state index in [9.17, 15) is 5.11 Å². The molecule has 0 aromatic heterocycles. The molecule has 0 aliphatic carbocycles. The monoisotopic (exact) mass is 279 g/mol. The molecule has 1 aromatic rings. The highest BCUT2D eigenvalue weighted by atomic mass is 16.5. The van der Waals surface area contributed by atoms with Crippen LogP contribution in [0.4, 0.5) is 0 Å². The van der Waals surface area contributed by atoms with Crippen LogP contribution >= 0.6 is 0 Å². The molecule has 0 saturated heterocycles. The fraction of sp³-hybridized carbons (Fsp3) is 0.647.